The molecule has 2 aromatic carbocycles. The van der Waals surface area contributed by atoms with E-state index in [1.165, 1.54) is 16.7 Å². The van der Waals surface area contributed by atoms with Crippen LogP contribution >= 0.6 is 24.0 Å². The first-order valence-corrected chi connectivity index (χ1v) is 8.94. The minimum absolute atomic E-state index is 0.164. The zero-order valence-electron chi connectivity index (χ0n) is 14.5. The van der Waals surface area contributed by atoms with E-state index in [1.807, 2.05) is 12.1 Å². The molecule has 1 amide bonds. The van der Waals surface area contributed by atoms with Crippen LogP contribution in [0.1, 0.15) is 5.56 Å². The van der Waals surface area contributed by atoms with E-state index in [1.54, 1.807) is 57.7 Å². The summed E-state index contributed by atoms with van der Waals surface area (Å²) in [6.45, 7) is 0. The molecule has 0 radical (unpaired) electrons. The van der Waals surface area contributed by atoms with Crippen LogP contribution in [0.2, 0.25) is 0 Å². The van der Waals surface area contributed by atoms with Gasteiger partial charge < -0.3 is 14.2 Å². The number of methoxy groups -OCH3 is 3. The highest BCUT2D eigenvalue weighted by Crippen LogP contribution is 2.38. The lowest BCUT2D eigenvalue weighted by molar-refractivity contribution is -0.113. The molecule has 0 unspecified atom stereocenters. The van der Waals surface area contributed by atoms with E-state index in [9.17, 15) is 4.79 Å². The fourth-order valence-electron chi connectivity index (χ4n) is 2.50. The second-order valence-electron chi connectivity index (χ2n) is 5.32. The predicted molar refractivity (Wildman–Crippen MR) is 108 cm³/mol. The van der Waals surface area contributed by atoms with Gasteiger partial charge >= 0.3 is 0 Å². The molecule has 0 atom stereocenters. The quantitative estimate of drug-likeness (QED) is 0.568. The average Bonchev–Trinajstić information content (AvgIpc) is 2.95. The number of ether oxygens (including phenoxy) is 3. The van der Waals surface area contributed by atoms with Gasteiger partial charge in [0.2, 0.25) is 0 Å². The van der Waals surface area contributed by atoms with Gasteiger partial charge in [-0.05, 0) is 42.5 Å². The van der Waals surface area contributed by atoms with Gasteiger partial charge in [0, 0.05) is 11.6 Å². The largest absolute Gasteiger partial charge is 0.497 e. The monoisotopic (exact) mass is 387 g/mol. The minimum atomic E-state index is -0.164. The van der Waals surface area contributed by atoms with Crippen molar-refractivity contribution in [2.75, 3.05) is 26.2 Å². The Morgan fingerprint density at radius 3 is 2.23 bits per heavy atom. The molecular weight excluding hydrogens is 370 g/mol. The molecule has 1 aliphatic heterocycles. The van der Waals surface area contributed by atoms with Crippen LogP contribution in [-0.4, -0.2) is 31.6 Å². The van der Waals surface area contributed by atoms with Crippen molar-refractivity contribution in [3.05, 3.63) is 52.9 Å². The lowest BCUT2D eigenvalue weighted by Crippen LogP contribution is -2.27. The van der Waals surface area contributed by atoms with Crippen molar-refractivity contribution >= 4 is 46.0 Å². The molecule has 3 rings (SSSR count). The summed E-state index contributed by atoms with van der Waals surface area (Å²) in [5, 5.41) is 0. The molecule has 7 heteroatoms. The molecule has 1 heterocycles. The minimum Gasteiger partial charge on any atom is -0.497 e. The third kappa shape index (κ3) is 3.54. The molecule has 0 spiro atoms. The molecule has 0 bridgehead atoms. The first-order valence-electron chi connectivity index (χ1n) is 7.71. The van der Waals surface area contributed by atoms with E-state index in [2.05, 4.69) is 0 Å². The van der Waals surface area contributed by atoms with Gasteiger partial charge in [-0.15, -0.1) is 0 Å². The Bertz CT molecular complexity index is 878. The third-order valence-electron chi connectivity index (χ3n) is 3.85. The number of hydrogen-bond acceptors (Lipinski definition) is 6. The van der Waals surface area contributed by atoms with Crippen molar-refractivity contribution in [2.24, 2.45) is 0 Å². The molecule has 134 valence electrons. The molecule has 1 aliphatic rings. The number of amides is 1. The van der Waals surface area contributed by atoms with E-state index in [4.69, 9.17) is 26.4 Å². The maximum atomic E-state index is 12.9. The van der Waals surface area contributed by atoms with Crippen LogP contribution < -0.4 is 19.1 Å². The van der Waals surface area contributed by atoms with Gasteiger partial charge in [-0.2, -0.15) is 0 Å². The summed E-state index contributed by atoms with van der Waals surface area (Å²) in [5.41, 5.74) is 1.49. The molecular formula is C19H17NO4S2. The van der Waals surface area contributed by atoms with Gasteiger partial charge in [-0.25, -0.2) is 0 Å². The standard InChI is InChI=1S/C19H17NO4S2/c1-22-14-8-5-13(6-9-14)20-18(21)17(26-19(20)25)10-12-4-7-15(23-2)11-16(12)24-3/h4-11H,1-3H3. The van der Waals surface area contributed by atoms with Crippen molar-refractivity contribution in [2.45, 2.75) is 0 Å². The molecule has 26 heavy (non-hydrogen) atoms. The van der Waals surface area contributed by atoms with Gasteiger partial charge in [0.25, 0.3) is 5.91 Å². The van der Waals surface area contributed by atoms with Crippen molar-refractivity contribution in [1.82, 2.24) is 0 Å². The molecule has 5 nitrogen and oxygen atoms in total. The van der Waals surface area contributed by atoms with Gasteiger partial charge in [-0.3, -0.25) is 9.69 Å². The average molecular weight is 387 g/mol. The summed E-state index contributed by atoms with van der Waals surface area (Å²) in [5.74, 6) is 1.87. The molecule has 0 aromatic heterocycles. The smallest absolute Gasteiger partial charge is 0.270 e. The first kappa shape index (κ1) is 18.3. The SMILES string of the molecule is COc1ccc(N2C(=O)C(=Cc3ccc(OC)cc3OC)SC2=S)cc1. The first-order chi connectivity index (χ1) is 12.6. The van der Waals surface area contributed by atoms with Crippen molar-refractivity contribution in [1.29, 1.82) is 0 Å². The number of anilines is 1. The zero-order valence-corrected chi connectivity index (χ0v) is 16.1. The molecule has 1 saturated heterocycles. The van der Waals surface area contributed by atoms with Crippen molar-refractivity contribution in [3.8, 4) is 17.2 Å². The Balaban J connectivity index is 1.92. The Morgan fingerprint density at radius 2 is 1.62 bits per heavy atom. The normalized spacial score (nSPS) is 15.5. The molecule has 0 N–H and O–H groups in total. The number of rotatable bonds is 5. The fourth-order valence-corrected chi connectivity index (χ4v) is 3.79. The number of nitrogens with zero attached hydrogens (tertiary/aromatic N) is 1. The molecule has 1 fully saturated rings. The van der Waals surface area contributed by atoms with Crippen LogP contribution in [0.5, 0.6) is 17.2 Å². The van der Waals surface area contributed by atoms with Crippen molar-refractivity contribution < 1.29 is 19.0 Å². The Kier molecular flexibility index (Phi) is 5.49. The highest BCUT2D eigenvalue weighted by Gasteiger charge is 2.33. The van der Waals surface area contributed by atoms with E-state index in [-0.39, 0.29) is 5.91 Å². The maximum absolute atomic E-state index is 12.9. The van der Waals surface area contributed by atoms with Gasteiger partial charge in [0.05, 0.1) is 31.9 Å². The second kappa shape index (κ2) is 7.80. The van der Waals surface area contributed by atoms with Crippen LogP contribution in [0.15, 0.2) is 47.4 Å². The lowest BCUT2D eigenvalue weighted by Gasteiger charge is -2.14. The summed E-state index contributed by atoms with van der Waals surface area (Å²) < 4.78 is 16.2. The van der Waals surface area contributed by atoms with Crippen LogP contribution in [0.3, 0.4) is 0 Å². The topological polar surface area (TPSA) is 48.0 Å². The van der Waals surface area contributed by atoms with E-state index in [0.29, 0.717) is 26.4 Å². The fraction of sp³-hybridized carbons (Fsp3) is 0.158. The van der Waals surface area contributed by atoms with Gasteiger partial charge in [-0.1, -0.05) is 24.0 Å². The van der Waals surface area contributed by atoms with Crippen LogP contribution in [0.25, 0.3) is 6.08 Å². The van der Waals surface area contributed by atoms with Crippen LogP contribution in [0.4, 0.5) is 5.69 Å². The number of benzene rings is 2. The molecule has 2 aromatic rings. The third-order valence-corrected chi connectivity index (χ3v) is 5.15. The Morgan fingerprint density at radius 1 is 0.962 bits per heavy atom. The van der Waals surface area contributed by atoms with E-state index >= 15 is 0 Å². The summed E-state index contributed by atoms with van der Waals surface area (Å²) in [6.07, 6.45) is 1.78. The number of thioether (sulfide) groups is 1. The molecule has 0 saturated carbocycles. The van der Waals surface area contributed by atoms with E-state index < -0.39 is 0 Å². The lowest BCUT2D eigenvalue weighted by atomic mass is 10.1. The van der Waals surface area contributed by atoms with Crippen LogP contribution in [0, 0.1) is 0 Å². The highest BCUT2D eigenvalue weighted by atomic mass is 32.2. The predicted octanol–water partition coefficient (Wildman–Crippen LogP) is 4.12. The summed E-state index contributed by atoms with van der Waals surface area (Å²) >= 11 is 6.66. The van der Waals surface area contributed by atoms with E-state index in [0.717, 1.165) is 11.3 Å². The second-order valence-corrected chi connectivity index (χ2v) is 7.00. The van der Waals surface area contributed by atoms with Crippen LogP contribution in [-0.2, 0) is 4.79 Å². The summed E-state index contributed by atoms with van der Waals surface area (Å²) in [6, 6.07) is 12.6. The summed E-state index contributed by atoms with van der Waals surface area (Å²) in [4.78, 5) is 14.9. The maximum Gasteiger partial charge on any atom is 0.270 e. The van der Waals surface area contributed by atoms with Gasteiger partial charge in [0.1, 0.15) is 17.2 Å². The number of carbonyl (C=O) groups is 1. The van der Waals surface area contributed by atoms with Crippen molar-refractivity contribution in [3.63, 3.8) is 0 Å². The Hall–Kier alpha value is -2.51. The molecule has 0 aliphatic carbocycles. The van der Waals surface area contributed by atoms with Gasteiger partial charge in [0.15, 0.2) is 4.32 Å². The zero-order chi connectivity index (χ0) is 18.7. The summed E-state index contributed by atoms with van der Waals surface area (Å²) in [7, 11) is 4.77. The number of carbonyl (C=O) groups excluding carboxylic acids is 1. The highest BCUT2D eigenvalue weighted by molar-refractivity contribution is 8.27. The number of thiocarbonyl (C=S) groups is 1. The number of hydrogen-bond donors (Lipinski definition) is 0. The Labute approximate surface area is 161 Å².